The van der Waals surface area contributed by atoms with Crippen LogP contribution < -0.4 is 0 Å². The summed E-state index contributed by atoms with van der Waals surface area (Å²) in [5, 5.41) is 0. The zero-order valence-corrected chi connectivity index (χ0v) is 18.6. The van der Waals surface area contributed by atoms with Crippen molar-refractivity contribution in [2.45, 2.75) is 58.3 Å². The van der Waals surface area contributed by atoms with Gasteiger partial charge >= 0.3 is 0 Å². The van der Waals surface area contributed by atoms with Crippen LogP contribution in [0.5, 0.6) is 0 Å². The molecule has 2 aromatic rings. The van der Waals surface area contributed by atoms with Gasteiger partial charge in [0.05, 0.1) is 0 Å². The average molecular weight is 421 g/mol. The first kappa shape index (κ1) is 19.8. The quantitative estimate of drug-likeness (QED) is 0.483. The van der Waals surface area contributed by atoms with Crippen molar-refractivity contribution in [1.29, 1.82) is 0 Å². The first-order valence-corrected chi connectivity index (χ1v) is 9.99. The summed E-state index contributed by atoms with van der Waals surface area (Å²) in [5.41, 5.74) is 8.49. The molecule has 0 aromatic heterocycles. The standard InChI is InChI=1S/C25H29.Zr/c1-18(2)21-11-13-22(14-12-21)24-10-6-9-23-16-20(17-25(23)24)15-19-7-4-3-5-8-19;/h6,9-14,16-19H,3-5,7-8,15H2,1-2H3;. The van der Waals surface area contributed by atoms with E-state index in [9.17, 15) is 0 Å². The number of allylic oxidation sites excluding steroid dienone is 1. The first-order chi connectivity index (χ1) is 12.2. The zero-order valence-electron chi connectivity index (χ0n) is 16.1. The minimum Gasteiger partial charge on any atom is -0.0613 e. The molecule has 1 heteroatoms. The molecule has 2 aromatic carbocycles. The fourth-order valence-corrected chi connectivity index (χ4v) is 4.44. The summed E-state index contributed by atoms with van der Waals surface area (Å²) < 4.78 is 0. The van der Waals surface area contributed by atoms with E-state index in [1.165, 1.54) is 71.9 Å². The van der Waals surface area contributed by atoms with Crippen molar-refractivity contribution in [2.24, 2.45) is 5.92 Å². The summed E-state index contributed by atoms with van der Waals surface area (Å²) in [6.07, 6.45) is 13.3. The van der Waals surface area contributed by atoms with Crippen molar-refractivity contribution < 1.29 is 26.2 Å². The second kappa shape index (κ2) is 8.83. The molecule has 1 fully saturated rings. The molecule has 0 amide bonds. The Morgan fingerprint density at radius 1 is 0.923 bits per heavy atom. The number of hydrogen-bond donors (Lipinski definition) is 0. The molecular weight excluding hydrogens is 391 g/mol. The second-order valence-electron chi connectivity index (χ2n) is 8.16. The Hall–Kier alpha value is -0.937. The molecule has 133 valence electrons. The van der Waals surface area contributed by atoms with Gasteiger partial charge in [-0.1, -0.05) is 100 Å². The van der Waals surface area contributed by atoms with Gasteiger partial charge in [0.2, 0.25) is 0 Å². The van der Waals surface area contributed by atoms with E-state index in [1.54, 1.807) is 0 Å². The van der Waals surface area contributed by atoms with Crippen LogP contribution in [-0.4, -0.2) is 0 Å². The SMILES string of the molecule is CC(C)c1ccc(-c2cccc3c2C=C(CC2CCCCC2)[CH]3)cc1.[Zr]. The predicted molar refractivity (Wildman–Crippen MR) is 109 cm³/mol. The molecule has 0 atom stereocenters. The number of benzene rings is 2. The smallest absolute Gasteiger partial charge is 0.0164 e. The van der Waals surface area contributed by atoms with E-state index < -0.39 is 0 Å². The second-order valence-corrected chi connectivity index (χ2v) is 8.16. The van der Waals surface area contributed by atoms with E-state index in [0.717, 1.165) is 5.92 Å². The van der Waals surface area contributed by atoms with E-state index in [4.69, 9.17) is 0 Å². The molecule has 26 heavy (non-hydrogen) atoms. The number of fused-ring (bicyclic) bond motifs is 1. The largest absolute Gasteiger partial charge is 0.0613 e. The molecule has 1 saturated carbocycles. The summed E-state index contributed by atoms with van der Waals surface area (Å²) in [4.78, 5) is 0. The molecule has 2 aliphatic carbocycles. The third-order valence-electron chi connectivity index (χ3n) is 5.95. The van der Waals surface area contributed by atoms with Gasteiger partial charge in [0.25, 0.3) is 0 Å². The minimum absolute atomic E-state index is 0. The molecule has 0 heterocycles. The van der Waals surface area contributed by atoms with Crippen molar-refractivity contribution in [3.63, 3.8) is 0 Å². The summed E-state index contributed by atoms with van der Waals surface area (Å²) in [7, 11) is 0. The monoisotopic (exact) mass is 419 g/mol. The van der Waals surface area contributed by atoms with Crippen LogP contribution in [-0.2, 0) is 26.2 Å². The van der Waals surface area contributed by atoms with E-state index in [2.05, 4.69) is 68.8 Å². The fourth-order valence-electron chi connectivity index (χ4n) is 4.44. The van der Waals surface area contributed by atoms with Gasteiger partial charge in [-0.15, -0.1) is 0 Å². The molecule has 0 nitrogen and oxygen atoms in total. The van der Waals surface area contributed by atoms with Crippen molar-refractivity contribution in [2.75, 3.05) is 0 Å². The van der Waals surface area contributed by atoms with Gasteiger partial charge in [0, 0.05) is 32.6 Å². The average Bonchev–Trinajstić information content (AvgIpc) is 3.05. The Labute approximate surface area is 178 Å². The van der Waals surface area contributed by atoms with E-state index in [-0.39, 0.29) is 26.2 Å². The van der Waals surface area contributed by atoms with Gasteiger partial charge in [-0.05, 0) is 46.1 Å². The van der Waals surface area contributed by atoms with Gasteiger partial charge in [0.1, 0.15) is 0 Å². The van der Waals surface area contributed by atoms with Gasteiger partial charge in [-0.25, -0.2) is 0 Å². The van der Waals surface area contributed by atoms with Crippen LogP contribution in [0.2, 0.25) is 0 Å². The van der Waals surface area contributed by atoms with E-state index in [1.807, 2.05) is 0 Å². The predicted octanol–water partition coefficient (Wildman–Crippen LogP) is 7.39. The summed E-state index contributed by atoms with van der Waals surface area (Å²) in [6.45, 7) is 4.51. The maximum absolute atomic E-state index is 2.45. The van der Waals surface area contributed by atoms with Crippen molar-refractivity contribution in [3.8, 4) is 11.1 Å². The molecule has 0 aliphatic heterocycles. The third-order valence-corrected chi connectivity index (χ3v) is 5.95. The van der Waals surface area contributed by atoms with Gasteiger partial charge < -0.3 is 0 Å². The molecule has 0 unspecified atom stereocenters. The van der Waals surface area contributed by atoms with Gasteiger partial charge in [-0.2, -0.15) is 0 Å². The molecule has 0 bridgehead atoms. The minimum atomic E-state index is 0. The van der Waals surface area contributed by atoms with E-state index >= 15 is 0 Å². The molecule has 1 radical (unpaired) electrons. The van der Waals surface area contributed by atoms with Crippen molar-refractivity contribution in [3.05, 3.63) is 71.1 Å². The van der Waals surface area contributed by atoms with Crippen LogP contribution in [0.25, 0.3) is 17.2 Å². The van der Waals surface area contributed by atoms with Gasteiger partial charge in [0.15, 0.2) is 0 Å². The summed E-state index contributed by atoms with van der Waals surface area (Å²) in [5.74, 6) is 1.49. The van der Waals surface area contributed by atoms with Crippen molar-refractivity contribution in [1.82, 2.24) is 0 Å². The topological polar surface area (TPSA) is 0 Å². The molecule has 0 spiro atoms. The third kappa shape index (κ3) is 4.31. The van der Waals surface area contributed by atoms with Crippen LogP contribution in [0.3, 0.4) is 0 Å². The molecule has 0 saturated heterocycles. The number of hydrogen-bond acceptors (Lipinski definition) is 0. The Balaban J connectivity index is 0.00000196. The Morgan fingerprint density at radius 3 is 2.35 bits per heavy atom. The molecule has 0 N–H and O–H groups in total. The Bertz CT molecular complexity index is 761. The maximum atomic E-state index is 2.45. The Morgan fingerprint density at radius 2 is 1.65 bits per heavy atom. The zero-order chi connectivity index (χ0) is 17.2. The van der Waals surface area contributed by atoms with Gasteiger partial charge in [-0.3, -0.25) is 0 Å². The maximum Gasteiger partial charge on any atom is 0.0164 e. The molecule has 2 aliphatic rings. The van der Waals surface area contributed by atoms with Crippen LogP contribution in [0, 0.1) is 12.3 Å². The summed E-state index contributed by atoms with van der Waals surface area (Å²) in [6, 6.07) is 15.9. The van der Waals surface area contributed by atoms with Crippen LogP contribution in [0.15, 0.2) is 48.0 Å². The Kier molecular flexibility index (Phi) is 6.73. The van der Waals surface area contributed by atoms with Crippen LogP contribution in [0.1, 0.15) is 75.0 Å². The summed E-state index contributed by atoms with van der Waals surface area (Å²) >= 11 is 0. The molecule has 4 rings (SSSR count). The number of rotatable bonds is 4. The van der Waals surface area contributed by atoms with Crippen LogP contribution >= 0.6 is 0 Å². The molecular formula is C25H29Zr. The van der Waals surface area contributed by atoms with Crippen molar-refractivity contribution >= 4 is 6.08 Å². The normalized spacial score (nSPS) is 17.0. The first-order valence-electron chi connectivity index (χ1n) is 9.99. The van der Waals surface area contributed by atoms with E-state index in [0.29, 0.717) is 5.92 Å². The van der Waals surface area contributed by atoms with Crippen LogP contribution in [0.4, 0.5) is 0 Å². The fraction of sp³-hybridized carbons (Fsp3) is 0.400.